The first-order valence-electron chi connectivity index (χ1n) is 8.21. The smallest absolute Gasteiger partial charge is 0.134 e. The van der Waals surface area contributed by atoms with Gasteiger partial charge in [0.2, 0.25) is 0 Å². The Balaban J connectivity index is 1.83. The Hall–Kier alpha value is -1.54. The van der Waals surface area contributed by atoms with Crippen LogP contribution in [0.3, 0.4) is 0 Å². The van der Waals surface area contributed by atoms with Gasteiger partial charge in [-0.2, -0.15) is 0 Å². The van der Waals surface area contributed by atoms with Crippen LogP contribution in [0.4, 0.5) is 0 Å². The topological polar surface area (TPSA) is 25.2 Å². The minimum atomic E-state index is 0.457. The summed E-state index contributed by atoms with van der Waals surface area (Å²) in [4.78, 5) is 0. The van der Waals surface area contributed by atoms with Crippen molar-refractivity contribution in [2.24, 2.45) is 0 Å². The highest BCUT2D eigenvalue weighted by molar-refractivity contribution is 5.64. The molecule has 2 heteroatoms. The number of benzene rings is 1. The molecular weight excluding hydrogens is 258 g/mol. The zero-order valence-electron chi connectivity index (χ0n) is 13.1. The fourth-order valence-electron chi connectivity index (χ4n) is 3.37. The van der Waals surface area contributed by atoms with Crippen molar-refractivity contribution in [2.75, 3.05) is 6.54 Å². The Bertz CT molecular complexity index is 599. The normalized spacial score (nSPS) is 15.7. The molecule has 2 nitrogen and oxygen atoms in total. The fourth-order valence-corrected chi connectivity index (χ4v) is 3.37. The van der Waals surface area contributed by atoms with E-state index in [2.05, 4.69) is 49.5 Å². The largest absolute Gasteiger partial charge is 0.461 e. The van der Waals surface area contributed by atoms with Crippen LogP contribution in [0, 0.1) is 0 Å². The van der Waals surface area contributed by atoms with Gasteiger partial charge >= 0.3 is 0 Å². The standard InChI is InChI=1S/C19H25NO/c1-3-20-14(2)13-16-11-12-19(21-16)18-10-6-8-15-7-4-5-9-17(15)18/h6,8,10-12,14,20H,3-5,7,9,13H2,1-2H3. The van der Waals surface area contributed by atoms with E-state index < -0.39 is 0 Å². The average Bonchev–Trinajstić information content (AvgIpc) is 2.95. The predicted molar refractivity (Wildman–Crippen MR) is 87.6 cm³/mol. The quantitative estimate of drug-likeness (QED) is 0.881. The van der Waals surface area contributed by atoms with Crippen LogP contribution in [0.25, 0.3) is 11.3 Å². The maximum absolute atomic E-state index is 6.11. The first-order valence-corrected chi connectivity index (χ1v) is 8.21. The highest BCUT2D eigenvalue weighted by Gasteiger charge is 2.16. The SMILES string of the molecule is CCNC(C)Cc1ccc(-c2cccc3c2CCCC3)o1. The maximum Gasteiger partial charge on any atom is 0.134 e. The molecule has 21 heavy (non-hydrogen) atoms. The second-order valence-corrected chi connectivity index (χ2v) is 6.08. The lowest BCUT2D eigenvalue weighted by molar-refractivity contribution is 0.470. The van der Waals surface area contributed by atoms with Gasteiger partial charge in [0.25, 0.3) is 0 Å². The monoisotopic (exact) mass is 283 g/mol. The molecule has 112 valence electrons. The van der Waals surface area contributed by atoms with Crippen molar-refractivity contribution < 1.29 is 4.42 Å². The Labute approximate surface area is 127 Å². The van der Waals surface area contributed by atoms with E-state index in [-0.39, 0.29) is 0 Å². The summed E-state index contributed by atoms with van der Waals surface area (Å²) in [7, 11) is 0. The van der Waals surface area contributed by atoms with Gasteiger partial charge in [0, 0.05) is 18.0 Å². The van der Waals surface area contributed by atoms with Crippen LogP contribution >= 0.6 is 0 Å². The second-order valence-electron chi connectivity index (χ2n) is 6.08. The Kier molecular flexibility index (Phi) is 4.45. The summed E-state index contributed by atoms with van der Waals surface area (Å²) in [5.74, 6) is 2.11. The number of nitrogens with one attached hydrogen (secondary N) is 1. The lowest BCUT2D eigenvalue weighted by Crippen LogP contribution is -2.27. The molecule has 0 spiro atoms. The molecule has 1 aliphatic carbocycles. The Morgan fingerprint density at radius 1 is 1.14 bits per heavy atom. The third-order valence-electron chi connectivity index (χ3n) is 4.38. The number of hydrogen-bond acceptors (Lipinski definition) is 2. The highest BCUT2D eigenvalue weighted by Crippen LogP contribution is 2.32. The summed E-state index contributed by atoms with van der Waals surface area (Å²) < 4.78 is 6.11. The van der Waals surface area contributed by atoms with Gasteiger partial charge in [-0.15, -0.1) is 0 Å². The van der Waals surface area contributed by atoms with Gasteiger partial charge in [-0.25, -0.2) is 0 Å². The van der Waals surface area contributed by atoms with Gasteiger partial charge in [-0.1, -0.05) is 25.1 Å². The third-order valence-corrected chi connectivity index (χ3v) is 4.38. The number of aryl methyl sites for hydroxylation is 1. The van der Waals surface area contributed by atoms with E-state index >= 15 is 0 Å². The summed E-state index contributed by atoms with van der Waals surface area (Å²) in [5.41, 5.74) is 4.32. The highest BCUT2D eigenvalue weighted by atomic mass is 16.3. The molecule has 0 saturated carbocycles. The van der Waals surface area contributed by atoms with Crippen LogP contribution in [-0.4, -0.2) is 12.6 Å². The lowest BCUT2D eigenvalue weighted by atomic mass is 9.87. The second kappa shape index (κ2) is 6.48. The Morgan fingerprint density at radius 3 is 2.86 bits per heavy atom. The van der Waals surface area contributed by atoms with Crippen LogP contribution in [0.5, 0.6) is 0 Å². The predicted octanol–water partition coefficient (Wildman–Crippen LogP) is 4.37. The summed E-state index contributed by atoms with van der Waals surface area (Å²) in [5, 5.41) is 3.43. The van der Waals surface area contributed by atoms with Crippen LogP contribution < -0.4 is 5.32 Å². The molecule has 1 aromatic carbocycles. The number of likely N-dealkylation sites (N-methyl/N-ethyl adjacent to an activating group) is 1. The van der Waals surface area contributed by atoms with Crippen molar-refractivity contribution in [2.45, 2.75) is 52.0 Å². The van der Waals surface area contributed by atoms with Crippen molar-refractivity contribution in [3.63, 3.8) is 0 Å². The molecule has 0 radical (unpaired) electrons. The number of rotatable bonds is 5. The summed E-state index contributed by atoms with van der Waals surface area (Å²) >= 11 is 0. The van der Waals surface area contributed by atoms with E-state index in [0.29, 0.717) is 6.04 Å². The molecule has 1 unspecified atom stereocenters. The van der Waals surface area contributed by atoms with E-state index in [1.807, 2.05) is 0 Å². The molecule has 3 rings (SSSR count). The van der Waals surface area contributed by atoms with Crippen molar-refractivity contribution in [1.29, 1.82) is 0 Å². The molecule has 2 aromatic rings. The number of fused-ring (bicyclic) bond motifs is 1. The molecule has 0 saturated heterocycles. The molecule has 1 heterocycles. The molecule has 0 aliphatic heterocycles. The van der Waals surface area contributed by atoms with Gasteiger partial charge in [0.15, 0.2) is 0 Å². The van der Waals surface area contributed by atoms with Crippen molar-refractivity contribution in [3.8, 4) is 11.3 Å². The van der Waals surface area contributed by atoms with E-state index in [4.69, 9.17) is 4.42 Å². The van der Waals surface area contributed by atoms with Crippen molar-refractivity contribution in [3.05, 3.63) is 47.2 Å². The van der Waals surface area contributed by atoms with Crippen LogP contribution in [0.15, 0.2) is 34.7 Å². The Morgan fingerprint density at radius 2 is 2.00 bits per heavy atom. The molecule has 1 aromatic heterocycles. The van der Waals surface area contributed by atoms with Gasteiger partial charge in [-0.3, -0.25) is 0 Å². The molecule has 0 fully saturated rings. The minimum Gasteiger partial charge on any atom is -0.461 e. The van der Waals surface area contributed by atoms with Gasteiger partial charge < -0.3 is 9.73 Å². The van der Waals surface area contributed by atoms with E-state index in [9.17, 15) is 0 Å². The summed E-state index contributed by atoms with van der Waals surface area (Å²) in [6, 6.07) is 11.4. The van der Waals surface area contributed by atoms with E-state index in [1.54, 1.807) is 0 Å². The van der Waals surface area contributed by atoms with E-state index in [0.717, 1.165) is 24.5 Å². The molecular formula is C19H25NO. The lowest BCUT2D eigenvalue weighted by Gasteiger charge is -2.18. The zero-order chi connectivity index (χ0) is 14.7. The molecule has 0 amide bonds. The first-order chi connectivity index (χ1) is 10.3. The van der Waals surface area contributed by atoms with Crippen LogP contribution in [0.2, 0.25) is 0 Å². The first kappa shape index (κ1) is 14.4. The molecule has 1 N–H and O–H groups in total. The molecule has 1 atom stereocenters. The van der Waals surface area contributed by atoms with Gasteiger partial charge in [0.05, 0.1) is 0 Å². The van der Waals surface area contributed by atoms with E-state index in [1.165, 1.54) is 42.4 Å². The number of hydrogen-bond donors (Lipinski definition) is 1. The molecule has 0 bridgehead atoms. The third kappa shape index (κ3) is 3.21. The number of furan rings is 1. The van der Waals surface area contributed by atoms with Crippen LogP contribution in [0.1, 0.15) is 43.6 Å². The van der Waals surface area contributed by atoms with Crippen molar-refractivity contribution >= 4 is 0 Å². The van der Waals surface area contributed by atoms with Gasteiger partial charge in [0.1, 0.15) is 11.5 Å². The van der Waals surface area contributed by atoms with Gasteiger partial charge in [-0.05, 0) is 62.4 Å². The zero-order valence-corrected chi connectivity index (χ0v) is 13.1. The van der Waals surface area contributed by atoms with Crippen LogP contribution in [-0.2, 0) is 19.3 Å². The minimum absolute atomic E-state index is 0.457. The maximum atomic E-state index is 6.11. The fraction of sp³-hybridized carbons (Fsp3) is 0.474. The summed E-state index contributed by atoms with van der Waals surface area (Å²) in [6.07, 6.45) is 5.97. The average molecular weight is 283 g/mol. The molecule has 1 aliphatic rings. The van der Waals surface area contributed by atoms with Crippen molar-refractivity contribution in [1.82, 2.24) is 5.32 Å². The summed E-state index contributed by atoms with van der Waals surface area (Å²) in [6.45, 7) is 5.34.